The number of nitrogens with zero attached hydrogens (tertiary/aromatic N) is 1. The van der Waals surface area contributed by atoms with E-state index in [1.54, 1.807) is 31.1 Å². The van der Waals surface area contributed by atoms with Crippen molar-refractivity contribution in [2.24, 2.45) is 0 Å². The van der Waals surface area contributed by atoms with Crippen molar-refractivity contribution in [1.29, 1.82) is 0 Å². The van der Waals surface area contributed by atoms with E-state index >= 15 is 0 Å². The molecule has 0 saturated heterocycles. The molecular weight excluding hydrogens is 338 g/mol. The largest absolute Gasteiger partial charge is 0.508 e. The van der Waals surface area contributed by atoms with Gasteiger partial charge in [0.05, 0.1) is 18.2 Å². The van der Waals surface area contributed by atoms with Gasteiger partial charge in [-0.25, -0.2) is 0 Å². The lowest BCUT2D eigenvalue weighted by Crippen LogP contribution is -2.13. The van der Waals surface area contributed by atoms with Gasteiger partial charge in [0.25, 0.3) is 0 Å². The maximum absolute atomic E-state index is 13.0. The van der Waals surface area contributed by atoms with Crippen LogP contribution in [0.4, 0.5) is 0 Å². The molecule has 3 rings (SSSR count). The highest BCUT2D eigenvalue weighted by molar-refractivity contribution is 5.93. The summed E-state index contributed by atoms with van der Waals surface area (Å²) in [6, 6.07) is 6.05. The lowest BCUT2D eigenvalue weighted by atomic mass is 10.0. The number of phenolic OH excluding ortho intramolecular Hbond substituents is 3. The molecule has 26 heavy (non-hydrogen) atoms. The number of hydrogen-bond acceptors (Lipinski definition) is 7. The number of fused-ring (bicyclic) bond motifs is 1. The van der Waals surface area contributed by atoms with E-state index in [1.807, 2.05) is 0 Å². The molecule has 2 aromatic carbocycles. The van der Waals surface area contributed by atoms with Crippen molar-refractivity contribution in [3.8, 4) is 34.1 Å². The lowest BCUT2D eigenvalue weighted by Gasteiger charge is -2.17. The number of rotatable bonds is 4. The Bertz CT molecular complexity index is 1020. The summed E-state index contributed by atoms with van der Waals surface area (Å²) in [6.07, 6.45) is 1.28. The van der Waals surface area contributed by atoms with Crippen LogP contribution in [-0.4, -0.2) is 41.4 Å². The Labute approximate surface area is 149 Å². The molecule has 0 radical (unpaired) electrons. The van der Waals surface area contributed by atoms with E-state index in [-0.39, 0.29) is 40.3 Å². The smallest absolute Gasteiger partial charge is 0.204 e. The van der Waals surface area contributed by atoms with Crippen LogP contribution in [0.25, 0.3) is 22.1 Å². The van der Waals surface area contributed by atoms with E-state index in [1.165, 1.54) is 25.5 Å². The third kappa shape index (κ3) is 2.82. The molecule has 0 spiro atoms. The maximum Gasteiger partial charge on any atom is 0.204 e. The average Bonchev–Trinajstić information content (AvgIpc) is 2.59. The van der Waals surface area contributed by atoms with E-state index < -0.39 is 11.2 Å². The quantitative estimate of drug-likeness (QED) is 0.659. The Morgan fingerprint density at radius 1 is 1.08 bits per heavy atom. The zero-order chi connectivity index (χ0) is 19.0. The Kier molecular flexibility index (Phi) is 4.48. The zero-order valence-corrected chi connectivity index (χ0v) is 14.6. The Balaban J connectivity index is 2.37. The molecule has 1 aromatic heterocycles. The minimum atomic E-state index is -0.475. The van der Waals surface area contributed by atoms with Gasteiger partial charge < -0.3 is 29.4 Å². The normalized spacial score (nSPS) is 11.2. The second-order valence-corrected chi connectivity index (χ2v) is 6.18. The fourth-order valence-electron chi connectivity index (χ4n) is 2.87. The zero-order valence-electron chi connectivity index (χ0n) is 14.6. The first-order valence-corrected chi connectivity index (χ1v) is 7.85. The third-order valence-corrected chi connectivity index (χ3v) is 4.08. The third-order valence-electron chi connectivity index (χ3n) is 4.08. The van der Waals surface area contributed by atoms with E-state index in [0.717, 1.165) is 0 Å². The van der Waals surface area contributed by atoms with E-state index in [4.69, 9.17) is 9.15 Å². The highest BCUT2D eigenvalue weighted by atomic mass is 16.5. The van der Waals surface area contributed by atoms with E-state index in [0.29, 0.717) is 11.1 Å². The standard InChI is InChI=1S/C19H19NO6/c1-20(2)8-12-16(23)19(25-3)17(24)14-15(22)13(9-26-18(12)14)10-4-6-11(21)7-5-10/h4-7,9,21,23-24H,8H2,1-3H3. The molecular formula is C19H19NO6. The van der Waals surface area contributed by atoms with Crippen molar-refractivity contribution in [2.75, 3.05) is 21.2 Å². The Morgan fingerprint density at radius 3 is 2.31 bits per heavy atom. The molecule has 0 aliphatic carbocycles. The van der Waals surface area contributed by atoms with Crippen molar-refractivity contribution in [2.45, 2.75) is 6.54 Å². The van der Waals surface area contributed by atoms with Crippen LogP contribution >= 0.6 is 0 Å². The molecule has 3 aromatic rings. The number of ether oxygens (including phenoxy) is 1. The maximum atomic E-state index is 13.0. The van der Waals surface area contributed by atoms with Gasteiger partial charge in [0.15, 0.2) is 11.5 Å². The average molecular weight is 357 g/mol. The number of phenols is 3. The summed E-state index contributed by atoms with van der Waals surface area (Å²) in [5, 5.41) is 30.3. The van der Waals surface area contributed by atoms with Crippen LogP contribution in [0.5, 0.6) is 23.0 Å². The summed E-state index contributed by atoms with van der Waals surface area (Å²) in [4.78, 5) is 14.8. The van der Waals surface area contributed by atoms with Gasteiger partial charge in [-0.05, 0) is 31.8 Å². The highest BCUT2D eigenvalue weighted by Crippen LogP contribution is 2.45. The van der Waals surface area contributed by atoms with Crippen molar-refractivity contribution >= 4 is 11.0 Å². The van der Waals surface area contributed by atoms with Crippen LogP contribution in [0, 0.1) is 0 Å². The van der Waals surface area contributed by atoms with Crippen LogP contribution in [0.2, 0.25) is 0 Å². The molecule has 1 heterocycles. The lowest BCUT2D eigenvalue weighted by molar-refractivity contribution is 0.335. The predicted molar refractivity (Wildman–Crippen MR) is 96.9 cm³/mol. The van der Waals surface area contributed by atoms with Crippen molar-refractivity contribution in [3.05, 3.63) is 46.3 Å². The molecule has 0 aliphatic rings. The van der Waals surface area contributed by atoms with Gasteiger partial charge in [0.1, 0.15) is 23.0 Å². The second-order valence-electron chi connectivity index (χ2n) is 6.18. The Morgan fingerprint density at radius 2 is 1.73 bits per heavy atom. The Hall–Kier alpha value is -3.19. The molecule has 7 heteroatoms. The molecule has 3 N–H and O–H groups in total. The van der Waals surface area contributed by atoms with Gasteiger partial charge in [0, 0.05) is 6.54 Å². The summed E-state index contributed by atoms with van der Waals surface area (Å²) < 4.78 is 10.7. The van der Waals surface area contributed by atoms with Crippen LogP contribution in [-0.2, 0) is 6.54 Å². The molecule has 0 unspecified atom stereocenters. The summed E-state index contributed by atoms with van der Waals surface area (Å²) >= 11 is 0. The monoisotopic (exact) mass is 357 g/mol. The highest BCUT2D eigenvalue weighted by Gasteiger charge is 2.25. The fraction of sp³-hybridized carbons (Fsp3) is 0.211. The van der Waals surface area contributed by atoms with Crippen LogP contribution in [0.1, 0.15) is 5.56 Å². The van der Waals surface area contributed by atoms with E-state index in [2.05, 4.69) is 0 Å². The molecule has 0 atom stereocenters. The molecule has 0 bridgehead atoms. The molecule has 136 valence electrons. The minimum Gasteiger partial charge on any atom is -0.508 e. The number of hydrogen-bond donors (Lipinski definition) is 3. The second kappa shape index (κ2) is 6.61. The van der Waals surface area contributed by atoms with Crippen molar-refractivity contribution < 1.29 is 24.5 Å². The SMILES string of the molecule is COc1c(O)c(CN(C)C)c2occ(-c3ccc(O)cc3)c(=O)c2c1O. The predicted octanol–water partition coefficient (Wildman–Crippen LogP) is 2.65. The molecule has 7 nitrogen and oxygen atoms in total. The summed E-state index contributed by atoms with van der Waals surface area (Å²) in [5.74, 6) is -0.852. The first-order chi connectivity index (χ1) is 12.3. The van der Waals surface area contributed by atoms with E-state index in [9.17, 15) is 20.1 Å². The number of methoxy groups -OCH3 is 1. The first kappa shape index (κ1) is 17.6. The topological polar surface area (TPSA) is 103 Å². The van der Waals surface area contributed by atoms with Crippen LogP contribution in [0.3, 0.4) is 0 Å². The van der Waals surface area contributed by atoms with Gasteiger partial charge in [-0.1, -0.05) is 12.1 Å². The molecule has 0 fully saturated rings. The van der Waals surface area contributed by atoms with Gasteiger partial charge in [-0.2, -0.15) is 0 Å². The van der Waals surface area contributed by atoms with Gasteiger partial charge in [-0.3, -0.25) is 4.79 Å². The molecule has 0 amide bonds. The van der Waals surface area contributed by atoms with Crippen molar-refractivity contribution in [3.63, 3.8) is 0 Å². The van der Waals surface area contributed by atoms with Crippen LogP contribution in [0.15, 0.2) is 39.7 Å². The van der Waals surface area contributed by atoms with Crippen LogP contribution < -0.4 is 10.2 Å². The summed E-state index contributed by atoms with van der Waals surface area (Å²) in [5.41, 5.74) is 0.721. The van der Waals surface area contributed by atoms with Crippen molar-refractivity contribution in [1.82, 2.24) is 4.90 Å². The minimum absolute atomic E-state index is 0.0675. The molecule has 0 saturated carbocycles. The molecule has 0 aliphatic heterocycles. The van der Waals surface area contributed by atoms with Gasteiger partial charge in [-0.15, -0.1) is 0 Å². The van der Waals surface area contributed by atoms with Gasteiger partial charge in [0.2, 0.25) is 11.2 Å². The number of benzene rings is 2. The number of aromatic hydroxyl groups is 3. The summed E-state index contributed by atoms with van der Waals surface area (Å²) in [7, 11) is 4.90. The summed E-state index contributed by atoms with van der Waals surface area (Å²) in [6.45, 7) is 0.278. The first-order valence-electron chi connectivity index (χ1n) is 7.85. The fourth-order valence-corrected chi connectivity index (χ4v) is 2.87. The van der Waals surface area contributed by atoms with Gasteiger partial charge >= 0.3 is 0 Å².